The van der Waals surface area contributed by atoms with Gasteiger partial charge in [0.25, 0.3) is 21.1 Å². The van der Waals surface area contributed by atoms with Crippen LogP contribution >= 0.6 is 0 Å². The Morgan fingerprint density at radius 1 is 1.27 bits per heavy atom. The number of hydrogen-bond donors (Lipinski definition) is 2. The number of rotatable bonds is 3. The Morgan fingerprint density at radius 3 is 2.33 bits per heavy atom. The molecule has 8 heteroatoms. The van der Waals surface area contributed by atoms with Crippen molar-refractivity contribution in [1.82, 2.24) is 0 Å². The number of benzene rings is 1. The lowest BCUT2D eigenvalue weighted by Gasteiger charge is -2.02. The maximum Gasteiger partial charge on any atom is 0.299 e. The number of aryl methyl sites for hydroxylation is 1. The van der Waals surface area contributed by atoms with Crippen molar-refractivity contribution in [3.63, 3.8) is 0 Å². The lowest BCUT2D eigenvalue weighted by Crippen LogP contribution is -2.00. The Morgan fingerprint density at radius 2 is 1.87 bits per heavy atom. The highest BCUT2D eigenvalue weighted by Gasteiger charge is 2.11. The van der Waals surface area contributed by atoms with Gasteiger partial charge in [0.05, 0.1) is 4.90 Å². The summed E-state index contributed by atoms with van der Waals surface area (Å²) in [6, 6.07) is 3.45. The van der Waals surface area contributed by atoms with Crippen molar-refractivity contribution in [2.24, 2.45) is 0 Å². The highest BCUT2D eigenvalue weighted by atomic mass is 32.2. The summed E-state index contributed by atoms with van der Waals surface area (Å²) in [4.78, 5) is -0.408. The van der Waals surface area contributed by atoms with E-state index >= 15 is 0 Å². The third-order valence-electron chi connectivity index (χ3n) is 1.50. The van der Waals surface area contributed by atoms with Gasteiger partial charge in [-0.3, -0.25) is 4.55 Å². The van der Waals surface area contributed by atoms with Crippen molar-refractivity contribution in [1.29, 1.82) is 0 Å². The van der Waals surface area contributed by atoms with E-state index in [-0.39, 0.29) is 5.75 Å². The molecule has 0 aliphatic heterocycles. The second kappa shape index (κ2) is 4.17. The molecule has 6 nitrogen and oxygen atoms in total. The topological polar surface area (TPSA) is 97.7 Å². The normalized spacial score (nSPS) is 11.7. The van der Waals surface area contributed by atoms with E-state index < -0.39 is 26.0 Å². The van der Waals surface area contributed by atoms with E-state index in [1.807, 2.05) is 0 Å². The van der Waals surface area contributed by atoms with Gasteiger partial charge in [-0.1, -0.05) is 0 Å². The van der Waals surface area contributed by atoms with E-state index in [9.17, 15) is 16.8 Å². The zero-order valence-corrected chi connectivity index (χ0v) is 9.29. The smallest absolute Gasteiger partial charge is 0.299 e. The Hall–Kier alpha value is -1.12. The molecule has 0 saturated carbocycles. The van der Waals surface area contributed by atoms with Gasteiger partial charge in [-0.15, -0.1) is 0 Å². The fraction of sp³-hybridized carbons (Fsp3) is 0.143. The van der Waals surface area contributed by atoms with Crippen molar-refractivity contribution in [2.45, 2.75) is 11.8 Å². The lowest BCUT2D eigenvalue weighted by molar-refractivity contribution is 0.480. The standard InChI is InChI=1S/C7H8O6S2/c1-5-2-6(13-14(8)9)4-7(3-5)15(10,11)12/h2-4,14H,1H3,(H,10,11,12). The molecule has 0 heterocycles. The summed E-state index contributed by atoms with van der Waals surface area (Å²) in [5.41, 5.74) is 0.456. The fourth-order valence-corrected chi connectivity index (χ4v) is 1.88. The van der Waals surface area contributed by atoms with Crippen LogP contribution in [0.2, 0.25) is 0 Å². The van der Waals surface area contributed by atoms with Crippen LogP contribution in [-0.4, -0.2) is 21.4 Å². The molecule has 0 atom stereocenters. The molecule has 0 aromatic heterocycles. The monoisotopic (exact) mass is 252 g/mol. The molecule has 0 aliphatic carbocycles. The molecular formula is C7H8O6S2. The largest absolute Gasteiger partial charge is 0.384 e. The Labute approximate surface area is 88.4 Å². The fourth-order valence-electron chi connectivity index (χ4n) is 1.00. The molecule has 1 aromatic carbocycles. The van der Waals surface area contributed by atoms with Gasteiger partial charge in [0, 0.05) is 6.07 Å². The molecule has 0 saturated heterocycles. The lowest BCUT2D eigenvalue weighted by atomic mass is 10.2. The maximum atomic E-state index is 10.8. The van der Waals surface area contributed by atoms with Crippen LogP contribution < -0.4 is 4.18 Å². The zero-order valence-electron chi connectivity index (χ0n) is 7.58. The highest BCUT2D eigenvalue weighted by Crippen LogP contribution is 2.20. The summed E-state index contributed by atoms with van der Waals surface area (Å²) < 4.78 is 55.1. The third-order valence-corrected chi connectivity index (χ3v) is 2.69. The molecule has 1 N–H and O–H groups in total. The first-order chi connectivity index (χ1) is 6.79. The van der Waals surface area contributed by atoms with Crippen LogP contribution in [0.25, 0.3) is 0 Å². The second-order valence-corrected chi connectivity index (χ2v) is 4.82. The average molecular weight is 252 g/mol. The first-order valence-corrected chi connectivity index (χ1v) is 6.24. The highest BCUT2D eigenvalue weighted by molar-refractivity contribution is 7.85. The summed E-state index contributed by atoms with van der Waals surface area (Å²) in [5.74, 6) is -0.154. The molecule has 15 heavy (non-hydrogen) atoms. The van der Waals surface area contributed by atoms with Crippen molar-refractivity contribution in [3.05, 3.63) is 23.8 Å². The summed E-state index contributed by atoms with van der Waals surface area (Å²) in [5, 5.41) is 0. The summed E-state index contributed by atoms with van der Waals surface area (Å²) in [7, 11) is -7.47. The molecule has 0 radical (unpaired) electrons. The molecular weight excluding hydrogens is 244 g/mol. The second-order valence-electron chi connectivity index (χ2n) is 2.77. The molecule has 0 amide bonds. The maximum absolute atomic E-state index is 10.8. The SMILES string of the molecule is Cc1cc(O[SH](=O)=O)cc(S(=O)(=O)O)c1. The van der Waals surface area contributed by atoms with Crippen molar-refractivity contribution in [3.8, 4) is 5.75 Å². The first kappa shape index (κ1) is 12.0. The van der Waals surface area contributed by atoms with E-state index in [0.717, 1.165) is 6.07 Å². The quantitative estimate of drug-likeness (QED) is 0.587. The Kier molecular flexibility index (Phi) is 3.32. The van der Waals surface area contributed by atoms with Gasteiger partial charge >= 0.3 is 0 Å². The Balaban J connectivity index is 3.28. The van der Waals surface area contributed by atoms with Gasteiger partial charge in [-0.05, 0) is 24.6 Å². The van der Waals surface area contributed by atoms with Crippen LogP contribution in [0.4, 0.5) is 0 Å². The molecule has 0 aliphatic rings. The molecule has 0 fully saturated rings. The molecule has 84 valence electrons. The predicted molar refractivity (Wildman–Crippen MR) is 51.9 cm³/mol. The third kappa shape index (κ3) is 3.50. The average Bonchev–Trinajstić information content (AvgIpc) is 1.99. The zero-order chi connectivity index (χ0) is 11.6. The van der Waals surface area contributed by atoms with Gasteiger partial charge in [-0.2, -0.15) is 16.8 Å². The summed E-state index contributed by atoms with van der Waals surface area (Å²) in [6.07, 6.45) is 0. The van der Waals surface area contributed by atoms with Gasteiger partial charge in [0.15, 0.2) is 0 Å². The van der Waals surface area contributed by atoms with Gasteiger partial charge < -0.3 is 4.18 Å². The van der Waals surface area contributed by atoms with Crippen LogP contribution in [0, 0.1) is 6.92 Å². The van der Waals surface area contributed by atoms with E-state index in [0.29, 0.717) is 5.56 Å². The number of hydrogen-bond acceptors (Lipinski definition) is 5. The van der Waals surface area contributed by atoms with Crippen molar-refractivity contribution >= 4 is 21.1 Å². The van der Waals surface area contributed by atoms with Crippen LogP contribution in [0.3, 0.4) is 0 Å². The predicted octanol–water partition coefficient (Wildman–Crippen LogP) is 0.147. The van der Waals surface area contributed by atoms with Crippen LogP contribution in [0.15, 0.2) is 23.1 Å². The molecule has 0 unspecified atom stereocenters. The molecule has 0 bridgehead atoms. The minimum atomic E-state index is -4.36. The van der Waals surface area contributed by atoms with Gasteiger partial charge in [0.1, 0.15) is 5.75 Å². The Bertz CT molecular complexity index is 535. The van der Waals surface area contributed by atoms with E-state index in [4.69, 9.17) is 4.55 Å². The number of thiol groups is 1. The van der Waals surface area contributed by atoms with E-state index in [1.165, 1.54) is 12.1 Å². The van der Waals surface area contributed by atoms with E-state index in [1.54, 1.807) is 6.92 Å². The van der Waals surface area contributed by atoms with E-state index in [2.05, 4.69) is 4.18 Å². The first-order valence-electron chi connectivity index (χ1n) is 3.70. The summed E-state index contributed by atoms with van der Waals surface area (Å²) in [6.45, 7) is 1.54. The minimum Gasteiger partial charge on any atom is -0.384 e. The molecule has 1 aromatic rings. The molecule has 1 rings (SSSR count). The van der Waals surface area contributed by atoms with Crippen LogP contribution in [0.5, 0.6) is 5.75 Å². The van der Waals surface area contributed by atoms with Crippen LogP contribution in [0.1, 0.15) is 5.56 Å². The van der Waals surface area contributed by atoms with Gasteiger partial charge in [-0.25, -0.2) is 0 Å². The van der Waals surface area contributed by atoms with Crippen molar-refractivity contribution < 1.29 is 25.6 Å². The summed E-state index contributed by atoms with van der Waals surface area (Å²) >= 11 is 0. The van der Waals surface area contributed by atoms with Crippen molar-refractivity contribution in [2.75, 3.05) is 0 Å². The minimum absolute atomic E-state index is 0.154. The molecule has 0 spiro atoms. The van der Waals surface area contributed by atoms with Gasteiger partial charge in [0.2, 0.25) is 0 Å². The van der Waals surface area contributed by atoms with Crippen LogP contribution in [-0.2, 0) is 21.1 Å².